The number of aryl methyl sites for hydroxylation is 1. The number of hydrogen-bond donors (Lipinski definition) is 2. The van der Waals surface area contributed by atoms with Gasteiger partial charge in [0.2, 0.25) is 0 Å². The van der Waals surface area contributed by atoms with E-state index in [0.29, 0.717) is 11.7 Å². The molecule has 1 aromatic heterocycles. The molecule has 1 heterocycles. The van der Waals surface area contributed by atoms with E-state index in [1.807, 2.05) is 0 Å². The number of rotatable bonds is 3. The summed E-state index contributed by atoms with van der Waals surface area (Å²) in [4.78, 5) is 0. The minimum Gasteiger partial charge on any atom is -0.330 e. The summed E-state index contributed by atoms with van der Waals surface area (Å²) in [6.07, 6.45) is 0.916. The molecule has 3 nitrogen and oxygen atoms in total. The summed E-state index contributed by atoms with van der Waals surface area (Å²) in [7, 11) is 0. The first-order valence-corrected chi connectivity index (χ1v) is 4.51. The Morgan fingerprint density at radius 2 is 2.33 bits per heavy atom. The fraction of sp³-hybridized carbons (Fsp3) is 0.625. The minimum atomic E-state index is 0.284. The topological polar surface area (TPSA) is 54.7 Å². The first-order chi connectivity index (χ1) is 5.70. The Bertz CT molecular complexity index is 257. The van der Waals surface area contributed by atoms with Crippen LogP contribution in [0.1, 0.15) is 31.0 Å². The first kappa shape index (κ1) is 9.55. The number of nitrogens with zero attached hydrogens (tertiary/aromatic N) is 1. The average Bonchev–Trinajstić information content (AvgIpc) is 2.45. The van der Waals surface area contributed by atoms with Crippen LogP contribution in [0, 0.1) is 0 Å². The van der Waals surface area contributed by atoms with Crippen molar-refractivity contribution in [1.82, 2.24) is 10.2 Å². The van der Waals surface area contributed by atoms with Crippen LogP contribution in [0.3, 0.4) is 0 Å². The predicted molar refractivity (Wildman–Crippen MR) is 50.4 cm³/mol. The quantitative estimate of drug-likeness (QED) is 0.757. The molecule has 1 unspecified atom stereocenters. The molecule has 3 N–H and O–H groups in total. The largest absolute Gasteiger partial charge is 0.330 e. The monoisotopic (exact) mass is 187 g/mol. The number of nitrogens with one attached hydrogen (secondary N) is 1. The van der Waals surface area contributed by atoms with E-state index in [4.69, 9.17) is 17.3 Å². The van der Waals surface area contributed by atoms with Crippen LogP contribution in [0.25, 0.3) is 0 Å². The van der Waals surface area contributed by atoms with E-state index in [9.17, 15) is 0 Å². The molecule has 0 aliphatic carbocycles. The summed E-state index contributed by atoms with van der Waals surface area (Å²) in [6.45, 7) is 4.72. The second kappa shape index (κ2) is 3.92. The van der Waals surface area contributed by atoms with Gasteiger partial charge in [0.1, 0.15) is 0 Å². The second-order valence-electron chi connectivity index (χ2n) is 2.90. The molecule has 12 heavy (non-hydrogen) atoms. The van der Waals surface area contributed by atoms with Crippen LogP contribution in [0.15, 0.2) is 0 Å². The third-order valence-electron chi connectivity index (χ3n) is 2.04. The number of aromatic amines is 1. The highest BCUT2D eigenvalue weighted by atomic mass is 35.5. The van der Waals surface area contributed by atoms with Crippen molar-refractivity contribution in [2.75, 3.05) is 6.54 Å². The standard InChI is InChI=1S/C8H14ClN3/c1-3-6-7(5(2)4-10)8(9)12-11-6/h5H,3-4,10H2,1-2H3,(H,11,12). The van der Waals surface area contributed by atoms with Crippen LogP contribution in [0.4, 0.5) is 0 Å². The zero-order chi connectivity index (χ0) is 9.14. The van der Waals surface area contributed by atoms with Gasteiger partial charge in [-0.05, 0) is 18.9 Å². The van der Waals surface area contributed by atoms with Gasteiger partial charge in [-0.25, -0.2) is 0 Å². The highest BCUT2D eigenvalue weighted by Gasteiger charge is 2.15. The molecular formula is C8H14ClN3. The van der Waals surface area contributed by atoms with E-state index in [-0.39, 0.29) is 5.92 Å². The molecule has 1 aromatic rings. The van der Waals surface area contributed by atoms with Gasteiger partial charge in [0.15, 0.2) is 5.15 Å². The Morgan fingerprint density at radius 1 is 1.67 bits per heavy atom. The van der Waals surface area contributed by atoms with Gasteiger partial charge in [-0.15, -0.1) is 0 Å². The van der Waals surface area contributed by atoms with E-state index in [2.05, 4.69) is 24.0 Å². The highest BCUT2D eigenvalue weighted by molar-refractivity contribution is 6.30. The molecule has 0 aliphatic heterocycles. The van der Waals surface area contributed by atoms with Crippen molar-refractivity contribution in [3.8, 4) is 0 Å². The molecule has 1 atom stereocenters. The molecule has 0 bridgehead atoms. The van der Waals surface area contributed by atoms with Crippen molar-refractivity contribution in [2.24, 2.45) is 5.73 Å². The van der Waals surface area contributed by atoms with Gasteiger partial charge < -0.3 is 5.73 Å². The zero-order valence-corrected chi connectivity index (χ0v) is 8.15. The molecule has 0 amide bonds. The molecular weight excluding hydrogens is 174 g/mol. The number of aromatic nitrogens is 2. The normalized spacial score (nSPS) is 13.3. The highest BCUT2D eigenvalue weighted by Crippen LogP contribution is 2.25. The van der Waals surface area contributed by atoms with E-state index in [1.54, 1.807) is 0 Å². The van der Waals surface area contributed by atoms with E-state index < -0.39 is 0 Å². The van der Waals surface area contributed by atoms with Gasteiger partial charge in [-0.2, -0.15) is 5.10 Å². The maximum atomic E-state index is 5.90. The molecule has 0 fully saturated rings. The Kier molecular flexibility index (Phi) is 3.12. The SMILES string of the molecule is CCc1[nH]nc(Cl)c1C(C)CN. The fourth-order valence-corrected chi connectivity index (χ4v) is 1.59. The molecule has 68 valence electrons. The number of H-pyrrole nitrogens is 1. The molecule has 4 heteroatoms. The van der Waals surface area contributed by atoms with Crippen molar-refractivity contribution in [3.05, 3.63) is 16.4 Å². The molecule has 0 radical (unpaired) electrons. The predicted octanol–water partition coefficient (Wildman–Crippen LogP) is 1.69. The number of halogens is 1. The van der Waals surface area contributed by atoms with Crippen LogP contribution in [-0.4, -0.2) is 16.7 Å². The Hall–Kier alpha value is -0.540. The van der Waals surface area contributed by atoms with Gasteiger partial charge in [0.25, 0.3) is 0 Å². The van der Waals surface area contributed by atoms with Gasteiger partial charge >= 0.3 is 0 Å². The minimum absolute atomic E-state index is 0.284. The molecule has 0 aliphatic rings. The van der Waals surface area contributed by atoms with Gasteiger partial charge in [-0.1, -0.05) is 25.4 Å². The van der Waals surface area contributed by atoms with E-state index >= 15 is 0 Å². The smallest absolute Gasteiger partial charge is 0.154 e. The second-order valence-corrected chi connectivity index (χ2v) is 3.25. The summed E-state index contributed by atoms with van der Waals surface area (Å²) in [6, 6.07) is 0. The third kappa shape index (κ3) is 1.62. The zero-order valence-electron chi connectivity index (χ0n) is 7.39. The van der Waals surface area contributed by atoms with Gasteiger partial charge in [-0.3, -0.25) is 5.10 Å². The lowest BCUT2D eigenvalue weighted by atomic mass is 10.0. The number of nitrogens with two attached hydrogens (primary N) is 1. The fourth-order valence-electron chi connectivity index (χ4n) is 1.25. The Balaban J connectivity index is 3.01. The van der Waals surface area contributed by atoms with Crippen LogP contribution in [0.5, 0.6) is 0 Å². The summed E-state index contributed by atoms with van der Waals surface area (Å²) in [5, 5.41) is 7.40. The molecule has 0 aromatic carbocycles. The van der Waals surface area contributed by atoms with Crippen molar-refractivity contribution in [3.63, 3.8) is 0 Å². The lowest BCUT2D eigenvalue weighted by Gasteiger charge is -2.08. The summed E-state index contributed by atoms with van der Waals surface area (Å²) >= 11 is 5.90. The first-order valence-electron chi connectivity index (χ1n) is 4.13. The van der Waals surface area contributed by atoms with Gasteiger partial charge in [0.05, 0.1) is 0 Å². The summed E-state index contributed by atoms with van der Waals surface area (Å²) < 4.78 is 0. The lowest BCUT2D eigenvalue weighted by molar-refractivity contribution is 0.761. The van der Waals surface area contributed by atoms with Crippen LogP contribution in [-0.2, 0) is 6.42 Å². The Labute approximate surface area is 77.3 Å². The molecule has 0 saturated carbocycles. The average molecular weight is 188 g/mol. The van der Waals surface area contributed by atoms with E-state index in [0.717, 1.165) is 17.7 Å². The van der Waals surface area contributed by atoms with Crippen molar-refractivity contribution >= 4 is 11.6 Å². The van der Waals surface area contributed by atoms with Crippen LogP contribution in [0.2, 0.25) is 5.15 Å². The Morgan fingerprint density at radius 3 is 2.83 bits per heavy atom. The van der Waals surface area contributed by atoms with Crippen LogP contribution >= 0.6 is 11.6 Å². The molecule has 0 saturated heterocycles. The molecule has 1 rings (SSSR count). The maximum Gasteiger partial charge on any atom is 0.154 e. The van der Waals surface area contributed by atoms with Crippen molar-refractivity contribution in [1.29, 1.82) is 0 Å². The van der Waals surface area contributed by atoms with Gasteiger partial charge in [0, 0.05) is 11.3 Å². The van der Waals surface area contributed by atoms with Crippen molar-refractivity contribution < 1.29 is 0 Å². The lowest BCUT2D eigenvalue weighted by Crippen LogP contribution is -2.10. The van der Waals surface area contributed by atoms with E-state index in [1.165, 1.54) is 0 Å². The number of hydrogen-bond acceptors (Lipinski definition) is 2. The van der Waals surface area contributed by atoms with Crippen molar-refractivity contribution in [2.45, 2.75) is 26.2 Å². The summed E-state index contributed by atoms with van der Waals surface area (Å²) in [5.41, 5.74) is 7.72. The van der Waals surface area contributed by atoms with Crippen LogP contribution < -0.4 is 5.73 Å². The maximum absolute atomic E-state index is 5.90. The molecule has 0 spiro atoms. The third-order valence-corrected chi connectivity index (χ3v) is 2.32. The summed E-state index contributed by atoms with van der Waals surface area (Å²) in [5.74, 6) is 0.284.